The molecule has 0 spiro atoms. The molecule has 0 atom stereocenters. The number of nitrogens with one attached hydrogen (secondary N) is 2. The summed E-state index contributed by atoms with van der Waals surface area (Å²) in [6, 6.07) is 19.1. The zero-order valence-corrected chi connectivity index (χ0v) is 17.6. The van der Waals surface area contributed by atoms with Crippen LogP contribution in [-0.4, -0.2) is 32.2 Å². The van der Waals surface area contributed by atoms with Gasteiger partial charge in [-0.3, -0.25) is 14.9 Å². The van der Waals surface area contributed by atoms with Crippen LogP contribution in [0.1, 0.15) is 21.5 Å². The molecule has 0 fully saturated rings. The molecule has 0 aliphatic rings. The van der Waals surface area contributed by atoms with E-state index in [-0.39, 0.29) is 40.7 Å². The maximum atomic E-state index is 12.5. The predicted octanol–water partition coefficient (Wildman–Crippen LogP) is 3.52. The van der Waals surface area contributed by atoms with Crippen molar-refractivity contribution in [1.29, 1.82) is 0 Å². The minimum absolute atomic E-state index is 0.0259. The average Bonchev–Trinajstić information content (AvgIpc) is 2.77. The van der Waals surface area contributed by atoms with Crippen LogP contribution in [0.3, 0.4) is 0 Å². The zero-order chi connectivity index (χ0) is 22.4. The number of hydrogen-bond donors (Lipinski definition) is 2. The van der Waals surface area contributed by atoms with E-state index in [1.165, 1.54) is 30.3 Å². The molecule has 3 aromatic carbocycles. The Bertz CT molecular complexity index is 1190. The summed E-state index contributed by atoms with van der Waals surface area (Å²) < 4.78 is 27.0. The lowest BCUT2D eigenvalue weighted by Crippen LogP contribution is -2.29. The Kier molecular flexibility index (Phi) is 6.78. The Hall–Kier alpha value is -3.56. The Morgan fingerprint density at radius 2 is 1.61 bits per heavy atom. The monoisotopic (exact) mass is 439 g/mol. The number of benzene rings is 3. The predicted molar refractivity (Wildman–Crippen MR) is 118 cm³/mol. The lowest BCUT2D eigenvalue weighted by Gasteiger charge is -2.10. The molecule has 0 aliphatic heterocycles. The minimum Gasteiger partial charge on any atom is -0.378 e. The van der Waals surface area contributed by atoms with Crippen molar-refractivity contribution in [2.75, 3.05) is 18.4 Å². The highest BCUT2D eigenvalue weighted by molar-refractivity contribution is 7.89. The van der Waals surface area contributed by atoms with Gasteiger partial charge in [-0.25, -0.2) is 13.1 Å². The molecule has 0 heterocycles. The summed E-state index contributed by atoms with van der Waals surface area (Å²) in [4.78, 5) is 23.6. The van der Waals surface area contributed by atoms with E-state index in [0.29, 0.717) is 5.56 Å². The van der Waals surface area contributed by atoms with Gasteiger partial charge in [0.1, 0.15) is 5.69 Å². The normalized spacial score (nSPS) is 11.1. The lowest BCUT2D eigenvalue weighted by atomic mass is 10.0. The first-order valence-corrected chi connectivity index (χ1v) is 10.9. The summed E-state index contributed by atoms with van der Waals surface area (Å²) in [7, 11) is -3.68. The number of nitrogens with zero attached hydrogens (tertiary/aromatic N) is 1. The van der Waals surface area contributed by atoms with E-state index in [2.05, 4.69) is 10.0 Å². The molecule has 0 aliphatic carbocycles. The third kappa shape index (κ3) is 5.53. The van der Waals surface area contributed by atoms with E-state index in [1.807, 2.05) is 6.92 Å². The van der Waals surface area contributed by atoms with Gasteiger partial charge >= 0.3 is 0 Å². The third-order valence-electron chi connectivity index (χ3n) is 4.56. The standard InChI is InChI=1S/C22H21N3O5S/c1-16-7-10-19(11-8-16)31(29,30)24-14-13-23-20-12-9-18(15-21(20)25(27)28)22(26)17-5-3-2-4-6-17/h2-12,15,23-24H,13-14H2,1H3. The molecular formula is C22H21N3O5S. The fourth-order valence-corrected chi connectivity index (χ4v) is 3.94. The number of ketones is 1. The molecule has 160 valence electrons. The first kappa shape index (κ1) is 22.1. The van der Waals surface area contributed by atoms with Gasteiger partial charge in [-0.2, -0.15) is 0 Å². The molecule has 8 nitrogen and oxygen atoms in total. The van der Waals surface area contributed by atoms with Crippen molar-refractivity contribution in [2.24, 2.45) is 0 Å². The Labute approximate surface area is 180 Å². The van der Waals surface area contributed by atoms with Gasteiger partial charge in [0.25, 0.3) is 5.69 Å². The van der Waals surface area contributed by atoms with Crippen LogP contribution >= 0.6 is 0 Å². The number of sulfonamides is 1. The molecule has 3 rings (SSSR count). The zero-order valence-electron chi connectivity index (χ0n) is 16.7. The molecule has 9 heteroatoms. The Morgan fingerprint density at radius 1 is 0.935 bits per heavy atom. The van der Waals surface area contributed by atoms with Crippen LogP contribution in [0.25, 0.3) is 0 Å². The molecule has 0 saturated heterocycles. The number of carbonyl (C=O) groups excluding carboxylic acids is 1. The molecule has 2 N–H and O–H groups in total. The summed E-state index contributed by atoms with van der Waals surface area (Å²) in [6.07, 6.45) is 0. The van der Waals surface area contributed by atoms with Crippen molar-refractivity contribution in [3.8, 4) is 0 Å². The second kappa shape index (κ2) is 9.50. The summed E-state index contributed by atoms with van der Waals surface area (Å²) in [5, 5.41) is 14.3. The second-order valence-electron chi connectivity index (χ2n) is 6.82. The topological polar surface area (TPSA) is 118 Å². The molecule has 0 amide bonds. The van der Waals surface area contributed by atoms with Crippen molar-refractivity contribution >= 4 is 27.2 Å². The van der Waals surface area contributed by atoms with Gasteiger partial charge in [-0.15, -0.1) is 0 Å². The van der Waals surface area contributed by atoms with E-state index in [4.69, 9.17) is 0 Å². The van der Waals surface area contributed by atoms with E-state index in [1.54, 1.807) is 42.5 Å². The largest absolute Gasteiger partial charge is 0.378 e. The molecular weight excluding hydrogens is 418 g/mol. The van der Waals surface area contributed by atoms with Gasteiger partial charge in [-0.05, 0) is 31.2 Å². The fourth-order valence-electron chi connectivity index (χ4n) is 2.91. The van der Waals surface area contributed by atoms with E-state index < -0.39 is 14.9 Å². The number of carbonyl (C=O) groups is 1. The van der Waals surface area contributed by atoms with Crippen molar-refractivity contribution in [2.45, 2.75) is 11.8 Å². The maximum absolute atomic E-state index is 12.5. The Balaban J connectivity index is 1.67. The van der Waals surface area contributed by atoms with Crippen LogP contribution in [0.2, 0.25) is 0 Å². The summed E-state index contributed by atoms with van der Waals surface area (Å²) in [5.41, 5.74) is 1.51. The Morgan fingerprint density at radius 3 is 2.26 bits per heavy atom. The third-order valence-corrected chi connectivity index (χ3v) is 6.03. The minimum atomic E-state index is -3.68. The first-order valence-electron chi connectivity index (χ1n) is 9.46. The van der Waals surface area contributed by atoms with Gasteiger partial charge in [0, 0.05) is 30.3 Å². The van der Waals surface area contributed by atoms with Crippen LogP contribution in [0.15, 0.2) is 77.7 Å². The second-order valence-corrected chi connectivity index (χ2v) is 8.59. The van der Waals surface area contributed by atoms with Gasteiger partial charge in [0.2, 0.25) is 10.0 Å². The molecule has 0 aromatic heterocycles. The quantitative estimate of drug-likeness (QED) is 0.228. The summed E-state index contributed by atoms with van der Waals surface area (Å²) >= 11 is 0. The van der Waals surface area contributed by atoms with Gasteiger partial charge < -0.3 is 5.32 Å². The van der Waals surface area contributed by atoms with E-state index >= 15 is 0 Å². The van der Waals surface area contributed by atoms with E-state index in [0.717, 1.165) is 5.56 Å². The van der Waals surface area contributed by atoms with Gasteiger partial charge in [0.05, 0.1) is 9.82 Å². The number of nitro benzene ring substituents is 1. The lowest BCUT2D eigenvalue weighted by molar-refractivity contribution is -0.384. The number of nitro groups is 1. The van der Waals surface area contributed by atoms with Crippen molar-refractivity contribution in [3.63, 3.8) is 0 Å². The van der Waals surface area contributed by atoms with E-state index in [9.17, 15) is 23.3 Å². The number of anilines is 1. The van der Waals surface area contributed by atoms with Crippen LogP contribution in [0, 0.1) is 17.0 Å². The summed E-state index contributed by atoms with van der Waals surface area (Å²) in [5.74, 6) is -0.318. The number of aryl methyl sites for hydroxylation is 1. The van der Waals surface area contributed by atoms with Crippen LogP contribution in [0.4, 0.5) is 11.4 Å². The fraction of sp³-hybridized carbons (Fsp3) is 0.136. The smallest absolute Gasteiger partial charge is 0.293 e. The van der Waals surface area contributed by atoms with Crippen LogP contribution < -0.4 is 10.0 Å². The number of hydrogen-bond acceptors (Lipinski definition) is 6. The summed E-state index contributed by atoms with van der Waals surface area (Å²) in [6.45, 7) is 2.01. The highest BCUT2D eigenvalue weighted by atomic mass is 32.2. The molecule has 0 saturated carbocycles. The molecule has 0 radical (unpaired) electrons. The SMILES string of the molecule is Cc1ccc(S(=O)(=O)NCCNc2ccc(C(=O)c3ccccc3)cc2[N+](=O)[O-])cc1. The van der Waals surface area contributed by atoms with Gasteiger partial charge in [-0.1, -0.05) is 48.0 Å². The highest BCUT2D eigenvalue weighted by Gasteiger charge is 2.19. The van der Waals surface area contributed by atoms with Crippen LogP contribution in [-0.2, 0) is 10.0 Å². The first-order chi connectivity index (χ1) is 14.8. The molecule has 3 aromatic rings. The van der Waals surface area contributed by atoms with Crippen molar-refractivity contribution in [1.82, 2.24) is 4.72 Å². The van der Waals surface area contributed by atoms with Crippen molar-refractivity contribution < 1.29 is 18.1 Å². The van der Waals surface area contributed by atoms with Crippen molar-refractivity contribution in [3.05, 3.63) is 99.6 Å². The molecule has 31 heavy (non-hydrogen) atoms. The average molecular weight is 439 g/mol. The highest BCUT2D eigenvalue weighted by Crippen LogP contribution is 2.26. The van der Waals surface area contributed by atoms with Crippen LogP contribution in [0.5, 0.6) is 0 Å². The molecule has 0 unspecified atom stereocenters. The van der Waals surface area contributed by atoms with Gasteiger partial charge in [0.15, 0.2) is 5.78 Å². The number of rotatable bonds is 9. The maximum Gasteiger partial charge on any atom is 0.293 e. The molecule has 0 bridgehead atoms.